The van der Waals surface area contributed by atoms with E-state index in [-0.39, 0.29) is 0 Å². The standard InChI is InChI=1S/C23H28N6/c1-15(2)7-6-8-17-11-12-18(16(3)13-17)14-24-28-23-26-22-21(27-29-23)19-9-4-5-10-20(19)25-22/h4-5,7,9-11,14,16,18H,6,8,12-13H2,1-3H3,(H2,25,26,28,29)/b24-14-/t16-,18-/m0/s1. The Bertz CT molecular complexity index is 1090. The molecule has 0 saturated carbocycles. The maximum Gasteiger partial charge on any atom is 0.265 e. The maximum absolute atomic E-state index is 4.50. The molecule has 1 aliphatic rings. The van der Waals surface area contributed by atoms with Crippen molar-refractivity contribution in [1.82, 2.24) is 20.2 Å². The molecule has 1 aliphatic carbocycles. The van der Waals surface area contributed by atoms with Crippen LogP contribution in [0, 0.1) is 11.8 Å². The summed E-state index contributed by atoms with van der Waals surface area (Å²) in [5.74, 6) is 1.42. The number of aromatic nitrogens is 4. The molecule has 0 aliphatic heterocycles. The molecule has 150 valence electrons. The summed E-state index contributed by atoms with van der Waals surface area (Å²) < 4.78 is 0. The molecule has 0 fully saturated rings. The Balaban J connectivity index is 1.38. The number of fused-ring (bicyclic) bond motifs is 3. The average molecular weight is 389 g/mol. The number of benzene rings is 1. The van der Waals surface area contributed by atoms with Gasteiger partial charge in [0, 0.05) is 23.0 Å². The first-order valence-corrected chi connectivity index (χ1v) is 10.3. The Kier molecular flexibility index (Phi) is 5.69. The van der Waals surface area contributed by atoms with Gasteiger partial charge >= 0.3 is 0 Å². The first kappa shape index (κ1) is 19.3. The van der Waals surface area contributed by atoms with E-state index in [1.165, 1.54) is 12.0 Å². The van der Waals surface area contributed by atoms with Crippen LogP contribution in [0.3, 0.4) is 0 Å². The molecule has 2 N–H and O–H groups in total. The molecular formula is C23H28N6. The lowest BCUT2D eigenvalue weighted by molar-refractivity contribution is 0.431. The monoisotopic (exact) mass is 388 g/mol. The number of H-pyrrole nitrogens is 1. The number of allylic oxidation sites excluding steroid dienone is 4. The zero-order valence-electron chi connectivity index (χ0n) is 17.3. The number of hydrazone groups is 1. The molecule has 0 amide bonds. The minimum absolute atomic E-state index is 0.404. The number of hydrogen-bond donors (Lipinski definition) is 2. The Labute approximate surface area is 171 Å². The molecule has 0 unspecified atom stereocenters. The van der Waals surface area contributed by atoms with Gasteiger partial charge in [0.25, 0.3) is 5.95 Å². The van der Waals surface area contributed by atoms with Crippen molar-refractivity contribution in [2.24, 2.45) is 16.9 Å². The first-order valence-electron chi connectivity index (χ1n) is 10.3. The van der Waals surface area contributed by atoms with E-state index in [9.17, 15) is 0 Å². The van der Waals surface area contributed by atoms with Crippen molar-refractivity contribution in [2.75, 3.05) is 5.43 Å². The summed E-state index contributed by atoms with van der Waals surface area (Å²) in [6, 6.07) is 8.00. The van der Waals surface area contributed by atoms with E-state index in [0.29, 0.717) is 23.4 Å². The van der Waals surface area contributed by atoms with E-state index in [4.69, 9.17) is 0 Å². The minimum atomic E-state index is 0.404. The highest BCUT2D eigenvalue weighted by atomic mass is 15.4. The molecule has 2 aromatic heterocycles. The molecule has 0 spiro atoms. The fourth-order valence-electron chi connectivity index (χ4n) is 3.90. The van der Waals surface area contributed by atoms with Crippen LogP contribution >= 0.6 is 0 Å². The van der Waals surface area contributed by atoms with E-state index >= 15 is 0 Å². The highest BCUT2D eigenvalue weighted by Crippen LogP contribution is 2.30. The highest BCUT2D eigenvalue weighted by molar-refractivity contribution is 6.03. The molecule has 0 saturated heterocycles. The predicted molar refractivity (Wildman–Crippen MR) is 120 cm³/mol. The summed E-state index contributed by atoms with van der Waals surface area (Å²) >= 11 is 0. The third kappa shape index (κ3) is 4.53. The average Bonchev–Trinajstić information content (AvgIpc) is 3.07. The van der Waals surface area contributed by atoms with Crippen LogP contribution in [0.4, 0.5) is 5.95 Å². The second-order valence-corrected chi connectivity index (χ2v) is 8.16. The van der Waals surface area contributed by atoms with Crippen LogP contribution in [-0.2, 0) is 0 Å². The summed E-state index contributed by atoms with van der Waals surface area (Å²) in [6.07, 6.45) is 11.2. The minimum Gasteiger partial charge on any atom is -0.338 e. The Morgan fingerprint density at radius 2 is 2.14 bits per heavy atom. The fraction of sp³-hybridized carbons (Fsp3) is 0.391. The van der Waals surface area contributed by atoms with Crippen LogP contribution in [-0.4, -0.2) is 26.4 Å². The number of hydrogen-bond acceptors (Lipinski definition) is 5. The molecule has 3 aromatic rings. The molecule has 0 radical (unpaired) electrons. The van der Waals surface area contributed by atoms with Crippen LogP contribution in [0.15, 0.2) is 52.7 Å². The molecule has 1 aromatic carbocycles. The number of rotatable bonds is 6. The van der Waals surface area contributed by atoms with E-state index in [2.05, 4.69) is 63.6 Å². The molecule has 6 heteroatoms. The molecule has 4 rings (SSSR count). The normalized spacial score (nSPS) is 19.6. The molecular weight excluding hydrogens is 360 g/mol. The molecule has 2 atom stereocenters. The number of nitrogens with zero attached hydrogens (tertiary/aromatic N) is 4. The largest absolute Gasteiger partial charge is 0.338 e. The van der Waals surface area contributed by atoms with Gasteiger partial charge in [0.05, 0.1) is 0 Å². The lowest BCUT2D eigenvalue weighted by atomic mass is 9.80. The van der Waals surface area contributed by atoms with Crippen LogP contribution < -0.4 is 5.43 Å². The summed E-state index contributed by atoms with van der Waals surface area (Å²) in [5, 5.41) is 13.9. The zero-order chi connectivity index (χ0) is 20.2. The van der Waals surface area contributed by atoms with Crippen molar-refractivity contribution in [3.63, 3.8) is 0 Å². The van der Waals surface area contributed by atoms with Gasteiger partial charge in [-0.25, -0.2) is 5.43 Å². The summed E-state index contributed by atoms with van der Waals surface area (Å²) in [6.45, 7) is 6.62. The number of anilines is 1. The van der Waals surface area contributed by atoms with E-state index in [1.807, 2.05) is 30.5 Å². The smallest absolute Gasteiger partial charge is 0.265 e. The van der Waals surface area contributed by atoms with E-state index < -0.39 is 0 Å². The van der Waals surface area contributed by atoms with Crippen LogP contribution in [0.2, 0.25) is 0 Å². The summed E-state index contributed by atoms with van der Waals surface area (Å²) in [7, 11) is 0. The second kappa shape index (κ2) is 8.55. The fourth-order valence-corrected chi connectivity index (χ4v) is 3.90. The SMILES string of the molecule is CC(C)=CCCC1=CC[C@@H](/C=N\Nc2nnc3c(n2)[nH]c2ccccc23)[C@@H](C)C1. The molecule has 6 nitrogen and oxygen atoms in total. The second-order valence-electron chi connectivity index (χ2n) is 8.16. The third-order valence-corrected chi connectivity index (χ3v) is 5.56. The Morgan fingerprint density at radius 1 is 1.28 bits per heavy atom. The van der Waals surface area contributed by atoms with Crippen molar-refractivity contribution in [1.29, 1.82) is 0 Å². The van der Waals surface area contributed by atoms with Gasteiger partial charge in [-0.2, -0.15) is 10.1 Å². The van der Waals surface area contributed by atoms with Crippen molar-refractivity contribution < 1.29 is 0 Å². The van der Waals surface area contributed by atoms with Gasteiger partial charge in [-0.3, -0.25) is 0 Å². The number of para-hydroxylation sites is 1. The first-order chi connectivity index (χ1) is 14.1. The van der Waals surface area contributed by atoms with Gasteiger partial charge in [-0.15, -0.1) is 10.2 Å². The number of nitrogens with one attached hydrogen (secondary N) is 2. The van der Waals surface area contributed by atoms with Gasteiger partial charge in [-0.1, -0.05) is 48.4 Å². The van der Waals surface area contributed by atoms with Gasteiger partial charge in [-0.05, 0) is 51.5 Å². The van der Waals surface area contributed by atoms with Gasteiger partial charge < -0.3 is 4.98 Å². The predicted octanol–water partition coefficient (Wildman–Crippen LogP) is 5.62. The van der Waals surface area contributed by atoms with Gasteiger partial charge in [0.2, 0.25) is 0 Å². The van der Waals surface area contributed by atoms with Gasteiger partial charge in [0.15, 0.2) is 5.65 Å². The quantitative estimate of drug-likeness (QED) is 0.326. The molecule has 2 heterocycles. The van der Waals surface area contributed by atoms with Crippen molar-refractivity contribution in [3.8, 4) is 0 Å². The lowest BCUT2D eigenvalue weighted by Crippen LogP contribution is -2.18. The number of aromatic amines is 1. The van der Waals surface area contributed by atoms with Crippen molar-refractivity contribution >= 4 is 34.2 Å². The Morgan fingerprint density at radius 3 is 2.97 bits per heavy atom. The van der Waals surface area contributed by atoms with Crippen LogP contribution in [0.5, 0.6) is 0 Å². The highest BCUT2D eigenvalue weighted by Gasteiger charge is 2.20. The van der Waals surface area contributed by atoms with Gasteiger partial charge in [0.1, 0.15) is 5.52 Å². The zero-order valence-corrected chi connectivity index (χ0v) is 17.3. The van der Waals surface area contributed by atoms with Crippen LogP contribution in [0.25, 0.3) is 22.1 Å². The topological polar surface area (TPSA) is 78.8 Å². The molecule has 0 bridgehead atoms. The Hall–Kier alpha value is -3.02. The third-order valence-electron chi connectivity index (χ3n) is 5.56. The summed E-state index contributed by atoms with van der Waals surface area (Å²) in [4.78, 5) is 7.78. The lowest BCUT2D eigenvalue weighted by Gasteiger charge is -2.25. The van der Waals surface area contributed by atoms with E-state index in [0.717, 1.165) is 35.7 Å². The van der Waals surface area contributed by atoms with Crippen molar-refractivity contribution in [2.45, 2.75) is 46.5 Å². The van der Waals surface area contributed by atoms with Crippen LogP contribution in [0.1, 0.15) is 46.5 Å². The van der Waals surface area contributed by atoms with E-state index in [1.54, 1.807) is 5.57 Å². The van der Waals surface area contributed by atoms with Crippen molar-refractivity contribution in [3.05, 3.63) is 47.6 Å². The molecule has 29 heavy (non-hydrogen) atoms. The summed E-state index contributed by atoms with van der Waals surface area (Å²) in [5.41, 5.74) is 8.42. The maximum atomic E-state index is 4.50.